The van der Waals surface area contributed by atoms with E-state index in [1.807, 2.05) is 0 Å². The van der Waals surface area contributed by atoms with Crippen molar-refractivity contribution < 1.29 is 19.8 Å². The molecule has 0 aliphatic rings. The largest absolute Gasteiger partial charge is 0.481 e. The van der Waals surface area contributed by atoms with E-state index in [2.05, 4.69) is 13.8 Å². The molecular formula is C15H28O4. The molecule has 0 aliphatic carbocycles. The number of carbonyl (C=O) groups is 2. The zero-order valence-corrected chi connectivity index (χ0v) is 12.2. The number of hydrogen-bond donors (Lipinski definition) is 2. The van der Waals surface area contributed by atoms with Crippen LogP contribution in [0.5, 0.6) is 0 Å². The van der Waals surface area contributed by atoms with Crippen LogP contribution in [0.15, 0.2) is 0 Å². The van der Waals surface area contributed by atoms with Gasteiger partial charge < -0.3 is 10.2 Å². The molecular weight excluding hydrogens is 244 g/mol. The van der Waals surface area contributed by atoms with Crippen LogP contribution in [-0.4, -0.2) is 22.2 Å². The minimum Gasteiger partial charge on any atom is -0.481 e. The summed E-state index contributed by atoms with van der Waals surface area (Å²) in [4.78, 5) is 21.8. The third-order valence-electron chi connectivity index (χ3n) is 3.55. The molecule has 0 aromatic heterocycles. The van der Waals surface area contributed by atoms with E-state index in [9.17, 15) is 9.59 Å². The quantitative estimate of drug-likeness (QED) is 0.528. The summed E-state index contributed by atoms with van der Waals surface area (Å²) in [7, 11) is 0. The molecule has 0 heterocycles. The Bertz CT molecular complexity index is 263. The van der Waals surface area contributed by atoms with Gasteiger partial charge in [-0.05, 0) is 12.3 Å². The van der Waals surface area contributed by atoms with E-state index in [-0.39, 0.29) is 6.42 Å². The van der Waals surface area contributed by atoms with E-state index in [0.717, 1.165) is 25.7 Å². The molecule has 0 fully saturated rings. The molecule has 2 unspecified atom stereocenters. The molecule has 0 aromatic carbocycles. The number of carboxylic acid groups (broad SMARTS) is 2. The molecule has 2 atom stereocenters. The van der Waals surface area contributed by atoms with E-state index in [4.69, 9.17) is 10.2 Å². The van der Waals surface area contributed by atoms with Gasteiger partial charge in [-0.1, -0.05) is 58.8 Å². The summed E-state index contributed by atoms with van der Waals surface area (Å²) in [5.41, 5.74) is 0. The molecule has 112 valence electrons. The Morgan fingerprint density at radius 3 is 2.11 bits per heavy atom. The monoisotopic (exact) mass is 272 g/mol. The van der Waals surface area contributed by atoms with Crippen molar-refractivity contribution in [2.75, 3.05) is 0 Å². The first-order valence-electron chi connectivity index (χ1n) is 7.45. The second-order valence-electron chi connectivity index (χ2n) is 5.37. The standard InChI is InChI=1S/C15H28O4/c1-3-5-6-7-9-12(8-4-2)10-13(15(18)19)11-14(16)17/h12-13H,3-11H2,1-2H3,(H,16,17)(H,18,19). The van der Waals surface area contributed by atoms with Gasteiger partial charge in [0.25, 0.3) is 0 Å². The van der Waals surface area contributed by atoms with Gasteiger partial charge in [-0.25, -0.2) is 0 Å². The average Bonchev–Trinajstić information content (AvgIpc) is 2.33. The summed E-state index contributed by atoms with van der Waals surface area (Å²) in [5, 5.41) is 17.8. The van der Waals surface area contributed by atoms with Gasteiger partial charge in [0.2, 0.25) is 0 Å². The molecule has 2 N–H and O–H groups in total. The van der Waals surface area contributed by atoms with Crippen LogP contribution in [0, 0.1) is 11.8 Å². The number of carboxylic acids is 2. The predicted molar refractivity (Wildman–Crippen MR) is 75.2 cm³/mol. The second kappa shape index (κ2) is 10.8. The molecule has 0 saturated carbocycles. The third-order valence-corrected chi connectivity index (χ3v) is 3.55. The first kappa shape index (κ1) is 17.9. The maximum Gasteiger partial charge on any atom is 0.307 e. The normalized spacial score (nSPS) is 14.0. The molecule has 19 heavy (non-hydrogen) atoms. The smallest absolute Gasteiger partial charge is 0.307 e. The van der Waals surface area contributed by atoms with E-state index in [1.165, 1.54) is 19.3 Å². The Morgan fingerprint density at radius 1 is 0.947 bits per heavy atom. The van der Waals surface area contributed by atoms with Crippen LogP contribution >= 0.6 is 0 Å². The van der Waals surface area contributed by atoms with Gasteiger partial charge in [-0.2, -0.15) is 0 Å². The summed E-state index contributed by atoms with van der Waals surface area (Å²) in [6.07, 6.45) is 8.01. The number of rotatable bonds is 12. The van der Waals surface area contributed by atoms with Crippen molar-refractivity contribution in [2.45, 2.75) is 71.6 Å². The highest BCUT2D eigenvalue weighted by molar-refractivity contribution is 5.77. The summed E-state index contributed by atoms with van der Waals surface area (Å²) >= 11 is 0. The highest BCUT2D eigenvalue weighted by atomic mass is 16.4. The number of unbranched alkanes of at least 4 members (excludes halogenated alkanes) is 3. The van der Waals surface area contributed by atoms with Crippen LogP contribution in [-0.2, 0) is 9.59 Å². The lowest BCUT2D eigenvalue weighted by Gasteiger charge is -2.19. The van der Waals surface area contributed by atoms with Gasteiger partial charge in [-0.3, -0.25) is 9.59 Å². The van der Waals surface area contributed by atoms with Crippen molar-refractivity contribution in [3.05, 3.63) is 0 Å². The van der Waals surface area contributed by atoms with E-state index < -0.39 is 17.9 Å². The highest BCUT2D eigenvalue weighted by Crippen LogP contribution is 2.25. The predicted octanol–water partition coefficient (Wildman–Crippen LogP) is 3.94. The summed E-state index contributed by atoms with van der Waals surface area (Å²) in [6, 6.07) is 0. The van der Waals surface area contributed by atoms with E-state index >= 15 is 0 Å². The summed E-state index contributed by atoms with van der Waals surface area (Å²) in [5.74, 6) is -2.38. The van der Waals surface area contributed by atoms with E-state index in [1.54, 1.807) is 0 Å². The Balaban J connectivity index is 4.25. The molecule has 0 radical (unpaired) electrons. The Kier molecular flexibility index (Phi) is 10.2. The number of hydrogen-bond acceptors (Lipinski definition) is 2. The fraction of sp³-hybridized carbons (Fsp3) is 0.867. The van der Waals surface area contributed by atoms with Crippen molar-refractivity contribution in [2.24, 2.45) is 11.8 Å². The molecule has 0 aromatic rings. The fourth-order valence-electron chi connectivity index (χ4n) is 2.53. The minimum atomic E-state index is -1.02. The lowest BCUT2D eigenvalue weighted by molar-refractivity contribution is -0.148. The Hall–Kier alpha value is -1.06. The van der Waals surface area contributed by atoms with Crippen molar-refractivity contribution >= 4 is 11.9 Å². The van der Waals surface area contributed by atoms with Crippen LogP contribution < -0.4 is 0 Å². The maximum absolute atomic E-state index is 11.1. The zero-order chi connectivity index (χ0) is 14.7. The molecule has 0 aliphatic heterocycles. The molecule has 0 spiro atoms. The van der Waals surface area contributed by atoms with Gasteiger partial charge in [-0.15, -0.1) is 0 Å². The van der Waals surface area contributed by atoms with Crippen molar-refractivity contribution in [3.63, 3.8) is 0 Å². The molecule has 4 nitrogen and oxygen atoms in total. The molecule has 0 bridgehead atoms. The van der Waals surface area contributed by atoms with Crippen LogP contribution in [0.2, 0.25) is 0 Å². The molecule has 0 saturated heterocycles. The first-order valence-corrected chi connectivity index (χ1v) is 7.45. The number of aliphatic carboxylic acids is 2. The lowest BCUT2D eigenvalue weighted by Crippen LogP contribution is -2.21. The first-order chi connectivity index (χ1) is 9.01. The van der Waals surface area contributed by atoms with Gasteiger partial charge >= 0.3 is 11.9 Å². The molecule has 0 amide bonds. The summed E-state index contributed by atoms with van der Waals surface area (Å²) in [6.45, 7) is 4.25. The van der Waals surface area contributed by atoms with Gasteiger partial charge in [0.15, 0.2) is 0 Å². The summed E-state index contributed by atoms with van der Waals surface area (Å²) < 4.78 is 0. The van der Waals surface area contributed by atoms with Gasteiger partial charge in [0, 0.05) is 0 Å². The highest BCUT2D eigenvalue weighted by Gasteiger charge is 2.24. The van der Waals surface area contributed by atoms with Crippen LogP contribution in [0.3, 0.4) is 0 Å². The fourth-order valence-corrected chi connectivity index (χ4v) is 2.53. The minimum absolute atomic E-state index is 0.259. The van der Waals surface area contributed by atoms with Crippen molar-refractivity contribution in [3.8, 4) is 0 Å². The van der Waals surface area contributed by atoms with Crippen molar-refractivity contribution in [1.29, 1.82) is 0 Å². The van der Waals surface area contributed by atoms with Crippen LogP contribution in [0.4, 0.5) is 0 Å². The topological polar surface area (TPSA) is 74.6 Å². The van der Waals surface area contributed by atoms with Gasteiger partial charge in [0.1, 0.15) is 0 Å². The van der Waals surface area contributed by atoms with Crippen LogP contribution in [0.1, 0.15) is 71.6 Å². The molecule has 4 heteroatoms. The van der Waals surface area contributed by atoms with Gasteiger partial charge in [0.05, 0.1) is 12.3 Å². The van der Waals surface area contributed by atoms with E-state index in [0.29, 0.717) is 12.3 Å². The Morgan fingerprint density at radius 2 is 1.63 bits per heavy atom. The third kappa shape index (κ3) is 9.51. The second-order valence-corrected chi connectivity index (χ2v) is 5.37. The van der Waals surface area contributed by atoms with Crippen molar-refractivity contribution in [1.82, 2.24) is 0 Å². The van der Waals surface area contributed by atoms with Crippen LogP contribution in [0.25, 0.3) is 0 Å². The SMILES string of the molecule is CCCCCCC(CCC)CC(CC(=O)O)C(=O)O. The molecule has 0 rings (SSSR count). The maximum atomic E-state index is 11.1. The Labute approximate surface area is 116 Å². The lowest BCUT2D eigenvalue weighted by atomic mass is 9.85. The average molecular weight is 272 g/mol. The zero-order valence-electron chi connectivity index (χ0n) is 12.2.